The fourth-order valence-corrected chi connectivity index (χ4v) is 9.03. The van der Waals surface area contributed by atoms with Gasteiger partial charge in [0.25, 0.3) is 0 Å². The van der Waals surface area contributed by atoms with Crippen LogP contribution < -0.4 is 14.5 Å². The monoisotopic (exact) mass is 1060 g/mol. The molecule has 0 spiro atoms. The largest absolute Gasteiger partial charge is 0.509 e. The Morgan fingerprint density at radius 2 is 1.16 bits per heavy atom. The topological polar surface area (TPSA) is 33.5 Å². The van der Waals surface area contributed by atoms with Gasteiger partial charge in [0.1, 0.15) is 5.82 Å². The second-order valence-corrected chi connectivity index (χ2v) is 20.8. The SMILES string of the molecule is Cc1cc(-n2c3[c-]c(Oc4[c-]c(N5[CH-]N(c6cc(C(C)(C)C)cc(C(C)(C)C)c6)c6ccccc65)ccc4)ccc3c3cc(-c4ccccc4)ccc32)ncc1-c1cccc(C(C)(C)C)c1.[Pt]. The Morgan fingerprint density at radius 3 is 1.85 bits per heavy atom. The number of benzene rings is 7. The zero-order valence-electron chi connectivity index (χ0n) is 40.1. The van der Waals surface area contributed by atoms with Gasteiger partial charge in [-0.25, -0.2) is 4.98 Å². The van der Waals surface area contributed by atoms with Gasteiger partial charge >= 0.3 is 0 Å². The molecular formula is C61H57N4OPt-3. The normalized spacial score (nSPS) is 13.0. The maximum absolute atomic E-state index is 6.71. The van der Waals surface area contributed by atoms with Gasteiger partial charge in [-0.2, -0.15) is 12.1 Å². The van der Waals surface area contributed by atoms with Crippen LogP contribution in [-0.4, -0.2) is 9.55 Å². The summed E-state index contributed by atoms with van der Waals surface area (Å²) in [5.74, 6) is 2.02. The standard InChI is InChI=1S/C61H57N4O.Pt/c1-40-30-58(62-38-53(40)43-20-16-21-44(31-43)59(2,3)4)65-54-29-26-42(41-18-12-11-13-19-41)32-52(54)51-28-27-50(37-57(51)65)66-49-23-17-22-47(36-49)63-39-64(56-25-15-14-24-55(56)63)48-34-45(60(5,6)7)33-46(35-48)61(8,9)10;/h11-35,38-39H,1-10H3;/q-3;. The molecule has 0 amide bonds. The summed E-state index contributed by atoms with van der Waals surface area (Å²) in [6.07, 6.45) is 2.02. The van der Waals surface area contributed by atoms with Crippen molar-refractivity contribution in [3.8, 4) is 39.6 Å². The van der Waals surface area contributed by atoms with Crippen molar-refractivity contribution in [3.63, 3.8) is 0 Å². The molecule has 1 aliphatic heterocycles. The Balaban J connectivity index is 0.00000562. The molecule has 0 saturated heterocycles. The van der Waals surface area contributed by atoms with Gasteiger partial charge in [-0.1, -0.05) is 153 Å². The van der Waals surface area contributed by atoms with Gasteiger partial charge in [0, 0.05) is 66.9 Å². The van der Waals surface area contributed by atoms with Gasteiger partial charge in [-0.05, 0) is 104 Å². The molecule has 0 bridgehead atoms. The zero-order valence-corrected chi connectivity index (χ0v) is 42.4. The minimum absolute atomic E-state index is 0. The predicted octanol–water partition coefficient (Wildman–Crippen LogP) is 16.5. The van der Waals surface area contributed by atoms with Gasteiger partial charge in [0.05, 0.1) is 0 Å². The number of pyridine rings is 1. The summed E-state index contributed by atoms with van der Waals surface area (Å²) >= 11 is 0. The van der Waals surface area contributed by atoms with E-state index in [0.717, 1.165) is 67.1 Å². The molecule has 0 saturated carbocycles. The van der Waals surface area contributed by atoms with Crippen LogP contribution >= 0.6 is 0 Å². The average molecular weight is 1060 g/mol. The molecule has 0 unspecified atom stereocenters. The Hall–Kier alpha value is -6.42. The van der Waals surface area contributed by atoms with Crippen LogP contribution in [0.5, 0.6) is 11.5 Å². The van der Waals surface area contributed by atoms with Crippen molar-refractivity contribution in [2.45, 2.75) is 85.5 Å². The molecule has 0 radical (unpaired) electrons. The second kappa shape index (κ2) is 17.3. The molecule has 67 heavy (non-hydrogen) atoms. The second-order valence-electron chi connectivity index (χ2n) is 20.8. The van der Waals surface area contributed by atoms with Gasteiger partial charge in [-0.3, -0.25) is 0 Å². The van der Waals surface area contributed by atoms with E-state index >= 15 is 0 Å². The van der Waals surface area contributed by atoms with E-state index in [4.69, 9.17) is 9.72 Å². The Bertz CT molecular complexity index is 3260. The van der Waals surface area contributed by atoms with Gasteiger partial charge in [-0.15, -0.1) is 48.1 Å². The molecule has 0 fully saturated rings. The first kappa shape index (κ1) is 45.7. The quantitative estimate of drug-likeness (QED) is 0.149. The fraction of sp³-hybridized carbons (Fsp3) is 0.213. The van der Waals surface area contributed by atoms with Crippen LogP contribution in [0.15, 0.2) is 158 Å². The number of hydrogen-bond acceptors (Lipinski definition) is 4. The molecule has 0 N–H and O–H groups in total. The third-order valence-corrected chi connectivity index (χ3v) is 12.9. The molecule has 10 rings (SSSR count). The summed E-state index contributed by atoms with van der Waals surface area (Å²) in [4.78, 5) is 9.67. The van der Waals surface area contributed by atoms with Crippen molar-refractivity contribution in [1.29, 1.82) is 0 Å². The van der Waals surface area contributed by atoms with E-state index < -0.39 is 0 Å². The van der Waals surface area contributed by atoms with Crippen LogP contribution in [-0.2, 0) is 37.3 Å². The number of nitrogens with zero attached hydrogens (tertiary/aromatic N) is 4. The zero-order chi connectivity index (χ0) is 46.1. The van der Waals surface area contributed by atoms with Crippen molar-refractivity contribution in [2.75, 3.05) is 9.80 Å². The molecular weight excluding hydrogens is 1000 g/mol. The van der Waals surface area contributed by atoms with Crippen LogP contribution in [0.3, 0.4) is 0 Å². The number of ether oxygens (including phenoxy) is 1. The molecule has 9 aromatic rings. The molecule has 6 heteroatoms. The summed E-state index contributed by atoms with van der Waals surface area (Å²) in [5.41, 5.74) is 15.9. The summed E-state index contributed by atoms with van der Waals surface area (Å²) in [7, 11) is 0. The molecule has 340 valence electrons. The predicted molar refractivity (Wildman–Crippen MR) is 276 cm³/mol. The minimum atomic E-state index is -0.00685. The number of aromatic nitrogens is 2. The number of fused-ring (bicyclic) bond motifs is 4. The first-order chi connectivity index (χ1) is 31.5. The minimum Gasteiger partial charge on any atom is -0.509 e. The van der Waals surface area contributed by atoms with E-state index in [9.17, 15) is 0 Å². The summed E-state index contributed by atoms with van der Waals surface area (Å²) < 4.78 is 8.93. The number of anilines is 4. The Labute approximate surface area is 411 Å². The number of para-hydroxylation sites is 2. The average Bonchev–Trinajstić information content (AvgIpc) is 3.84. The number of rotatable bonds is 7. The van der Waals surface area contributed by atoms with Crippen LogP contribution in [0.2, 0.25) is 0 Å². The summed E-state index contributed by atoms with van der Waals surface area (Å²) in [6, 6.07) is 61.4. The van der Waals surface area contributed by atoms with Crippen molar-refractivity contribution < 1.29 is 25.8 Å². The van der Waals surface area contributed by atoms with E-state index in [0.29, 0.717) is 11.5 Å². The number of aryl methyl sites for hydroxylation is 1. The van der Waals surface area contributed by atoms with Gasteiger partial charge < -0.3 is 19.1 Å². The summed E-state index contributed by atoms with van der Waals surface area (Å²) in [6.45, 7) is 24.8. The molecule has 5 nitrogen and oxygen atoms in total. The van der Waals surface area contributed by atoms with Crippen molar-refractivity contribution in [2.24, 2.45) is 0 Å². The van der Waals surface area contributed by atoms with Crippen LogP contribution in [0.1, 0.15) is 84.6 Å². The first-order valence-electron chi connectivity index (χ1n) is 23.0. The molecule has 3 heterocycles. The van der Waals surface area contributed by atoms with Gasteiger partial charge in [0.15, 0.2) is 0 Å². The van der Waals surface area contributed by atoms with Crippen LogP contribution in [0.25, 0.3) is 49.9 Å². The summed E-state index contributed by atoms with van der Waals surface area (Å²) in [5, 5.41) is 2.20. The maximum Gasteiger partial charge on any atom is 0.135 e. The van der Waals surface area contributed by atoms with E-state index in [1.807, 2.05) is 24.4 Å². The van der Waals surface area contributed by atoms with Gasteiger partial charge in [0.2, 0.25) is 0 Å². The Morgan fingerprint density at radius 1 is 0.522 bits per heavy atom. The first-order valence-corrected chi connectivity index (χ1v) is 23.0. The number of hydrogen-bond donors (Lipinski definition) is 0. The molecule has 0 atom stereocenters. The smallest absolute Gasteiger partial charge is 0.135 e. The third kappa shape index (κ3) is 8.83. The van der Waals surface area contributed by atoms with Crippen molar-refractivity contribution >= 4 is 44.6 Å². The molecule has 0 aliphatic carbocycles. The van der Waals surface area contributed by atoms with Crippen LogP contribution in [0.4, 0.5) is 22.7 Å². The Kier molecular flexibility index (Phi) is 11.8. The fourth-order valence-electron chi connectivity index (χ4n) is 9.03. The molecule has 7 aromatic carbocycles. The molecule has 1 aliphatic rings. The molecule has 2 aromatic heterocycles. The maximum atomic E-state index is 6.71. The van der Waals surface area contributed by atoms with Crippen LogP contribution in [0, 0.1) is 25.7 Å². The van der Waals surface area contributed by atoms with Crippen molar-refractivity contribution in [1.82, 2.24) is 9.55 Å². The van der Waals surface area contributed by atoms with E-state index in [2.05, 4.69) is 236 Å². The van der Waals surface area contributed by atoms with Crippen molar-refractivity contribution in [3.05, 3.63) is 199 Å². The third-order valence-electron chi connectivity index (χ3n) is 12.9. The van der Waals surface area contributed by atoms with E-state index in [-0.39, 0.29) is 37.3 Å². The van der Waals surface area contributed by atoms with E-state index in [1.54, 1.807) is 0 Å². The van der Waals surface area contributed by atoms with E-state index in [1.165, 1.54) is 27.8 Å².